The Hall–Kier alpha value is -3.21. The van der Waals surface area contributed by atoms with Crippen molar-refractivity contribution in [3.8, 4) is 5.75 Å². The monoisotopic (exact) mass is 375 g/mol. The highest BCUT2D eigenvalue weighted by molar-refractivity contribution is 5.90. The van der Waals surface area contributed by atoms with Gasteiger partial charge in [0.15, 0.2) is 0 Å². The molecule has 1 heterocycles. The molecule has 3 aromatic rings. The molecule has 144 valence electrons. The molecule has 0 spiro atoms. The molecule has 5 nitrogen and oxygen atoms in total. The fourth-order valence-electron chi connectivity index (χ4n) is 3.35. The van der Waals surface area contributed by atoms with Gasteiger partial charge >= 0.3 is 6.03 Å². The predicted octanol–water partition coefficient (Wildman–Crippen LogP) is 4.74. The van der Waals surface area contributed by atoms with E-state index in [9.17, 15) is 4.79 Å². The number of hydrogen-bond donors (Lipinski definition) is 1. The number of carbonyl (C=O) groups is 1. The summed E-state index contributed by atoms with van der Waals surface area (Å²) in [7, 11) is 1.62. The van der Waals surface area contributed by atoms with Crippen LogP contribution in [0.1, 0.15) is 24.1 Å². The first-order chi connectivity index (χ1) is 13.7. The van der Waals surface area contributed by atoms with Crippen LogP contribution in [0.25, 0.3) is 0 Å². The second-order valence-electron chi connectivity index (χ2n) is 7.13. The zero-order valence-corrected chi connectivity index (χ0v) is 16.0. The van der Waals surface area contributed by atoms with Crippen molar-refractivity contribution in [1.82, 2.24) is 9.47 Å². The number of nitrogens with one attached hydrogen (secondary N) is 1. The first-order valence-corrected chi connectivity index (χ1v) is 9.62. The molecule has 0 radical (unpaired) electrons. The quantitative estimate of drug-likeness (QED) is 0.648. The lowest BCUT2D eigenvalue weighted by Gasteiger charge is -2.24. The predicted molar refractivity (Wildman–Crippen MR) is 111 cm³/mol. The molecule has 1 fully saturated rings. The molecule has 5 heteroatoms. The maximum Gasteiger partial charge on any atom is 0.322 e. The lowest BCUT2D eigenvalue weighted by molar-refractivity contribution is 0.204. The second-order valence-corrected chi connectivity index (χ2v) is 7.13. The second kappa shape index (κ2) is 8.21. The molecule has 28 heavy (non-hydrogen) atoms. The molecule has 0 bridgehead atoms. The van der Waals surface area contributed by atoms with Crippen LogP contribution in [0.3, 0.4) is 0 Å². The van der Waals surface area contributed by atoms with Gasteiger partial charge in [-0.15, -0.1) is 0 Å². The van der Waals surface area contributed by atoms with E-state index in [0.29, 0.717) is 12.6 Å². The average molecular weight is 375 g/mol. The van der Waals surface area contributed by atoms with Gasteiger partial charge in [0.25, 0.3) is 0 Å². The van der Waals surface area contributed by atoms with Crippen molar-refractivity contribution in [1.29, 1.82) is 0 Å². The summed E-state index contributed by atoms with van der Waals surface area (Å²) >= 11 is 0. The van der Waals surface area contributed by atoms with Gasteiger partial charge in [0.2, 0.25) is 0 Å². The summed E-state index contributed by atoms with van der Waals surface area (Å²) in [6.07, 6.45) is 4.20. The lowest BCUT2D eigenvalue weighted by atomic mass is 10.2. The molecule has 2 aromatic carbocycles. The molecule has 1 aliphatic carbocycles. The Morgan fingerprint density at radius 3 is 2.68 bits per heavy atom. The fraction of sp³-hybridized carbons (Fsp3) is 0.261. The van der Waals surface area contributed by atoms with Gasteiger partial charge in [-0.3, -0.25) is 0 Å². The van der Waals surface area contributed by atoms with Crippen LogP contribution in [0.5, 0.6) is 5.75 Å². The number of amides is 2. The summed E-state index contributed by atoms with van der Waals surface area (Å²) in [4.78, 5) is 14.9. The standard InChI is InChI=1S/C23H25N3O2/c1-28-22-11-5-9-19(15-22)24-23(27)26(20-12-13-20)17-21-10-6-14-25(21)16-18-7-3-2-4-8-18/h2-11,14-15,20H,12-13,16-17H2,1H3,(H,24,27). The maximum atomic E-state index is 13.0. The molecular weight excluding hydrogens is 350 g/mol. The Bertz CT molecular complexity index is 932. The van der Waals surface area contributed by atoms with Gasteiger partial charge in [0.1, 0.15) is 5.75 Å². The lowest BCUT2D eigenvalue weighted by Crippen LogP contribution is -2.36. The summed E-state index contributed by atoms with van der Waals surface area (Å²) in [5.74, 6) is 0.729. The minimum Gasteiger partial charge on any atom is -0.497 e. The van der Waals surface area contributed by atoms with Crippen LogP contribution in [-0.4, -0.2) is 28.6 Å². The Morgan fingerprint density at radius 1 is 1.11 bits per heavy atom. The molecule has 4 rings (SSSR count). The van der Waals surface area contributed by atoms with Crippen LogP contribution in [0.15, 0.2) is 72.9 Å². The number of urea groups is 1. The third kappa shape index (κ3) is 4.36. The van der Waals surface area contributed by atoms with Crippen molar-refractivity contribution in [2.24, 2.45) is 0 Å². The van der Waals surface area contributed by atoms with Crippen molar-refractivity contribution in [3.63, 3.8) is 0 Å². The van der Waals surface area contributed by atoms with Crippen LogP contribution >= 0.6 is 0 Å². The maximum absolute atomic E-state index is 13.0. The average Bonchev–Trinajstić information content (AvgIpc) is 3.47. The van der Waals surface area contributed by atoms with E-state index in [2.05, 4.69) is 46.4 Å². The smallest absolute Gasteiger partial charge is 0.322 e. The molecule has 0 aliphatic heterocycles. The highest BCUT2D eigenvalue weighted by Gasteiger charge is 2.33. The van der Waals surface area contributed by atoms with Gasteiger partial charge in [-0.05, 0) is 42.7 Å². The summed E-state index contributed by atoms with van der Waals surface area (Å²) < 4.78 is 7.46. The van der Waals surface area contributed by atoms with E-state index in [4.69, 9.17) is 4.74 Å². The SMILES string of the molecule is COc1cccc(NC(=O)N(Cc2cccn2Cc2ccccc2)C2CC2)c1. The van der Waals surface area contributed by atoms with E-state index in [1.54, 1.807) is 7.11 Å². The topological polar surface area (TPSA) is 46.5 Å². The number of nitrogens with zero attached hydrogens (tertiary/aromatic N) is 2. The number of benzene rings is 2. The van der Waals surface area contributed by atoms with Crippen LogP contribution < -0.4 is 10.1 Å². The van der Waals surface area contributed by atoms with E-state index in [1.165, 1.54) is 5.56 Å². The number of methoxy groups -OCH3 is 1. The van der Waals surface area contributed by atoms with Gasteiger partial charge < -0.3 is 19.5 Å². The Kier molecular flexibility index (Phi) is 5.33. The minimum absolute atomic E-state index is 0.0665. The van der Waals surface area contributed by atoms with Gasteiger partial charge in [-0.25, -0.2) is 4.79 Å². The van der Waals surface area contributed by atoms with E-state index in [-0.39, 0.29) is 6.03 Å². The third-order valence-electron chi connectivity index (χ3n) is 5.02. The van der Waals surface area contributed by atoms with Crippen LogP contribution in [0, 0.1) is 0 Å². The normalized spacial score (nSPS) is 13.2. The first kappa shape index (κ1) is 18.2. The molecule has 1 saturated carbocycles. The molecule has 1 aliphatic rings. The molecular formula is C23H25N3O2. The molecule has 0 saturated heterocycles. The molecule has 2 amide bonds. The minimum atomic E-state index is -0.0665. The number of anilines is 1. The largest absolute Gasteiger partial charge is 0.497 e. The van der Waals surface area contributed by atoms with Crippen molar-refractivity contribution in [2.45, 2.75) is 32.0 Å². The van der Waals surface area contributed by atoms with E-state index < -0.39 is 0 Å². The van der Waals surface area contributed by atoms with Crippen LogP contribution in [-0.2, 0) is 13.1 Å². The van der Waals surface area contributed by atoms with E-state index in [0.717, 1.165) is 36.5 Å². The van der Waals surface area contributed by atoms with Crippen molar-refractivity contribution in [2.75, 3.05) is 12.4 Å². The van der Waals surface area contributed by atoms with Gasteiger partial charge in [-0.1, -0.05) is 36.4 Å². The van der Waals surface area contributed by atoms with E-state index >= 15 is 0 Å². The number of aromatic nitrogens is 1. The van der Waals surface area contributed by atoms with Crippen LogP contribution in [0.2, 0.25) is 0 Å². The number of hydrogen-bond acceptors (Lipinski definition) is 2. The van der Waals surface area contributed by atoms with Crippen molar-refractivity contribution < 1.29 is 9.53 Å². The number of rotatable bonds is 7. The molecule has 1 N–H and O–H groups in total. The molecule has 1 aromatic heterocycles. The zero-order valence-electron chi connectivity index (χ0n) is 16.0. The summed E-state index contributed by atoms with van der Waals surface area (Å²) in [5.41, 5.74) is 3.13. The van der Waals surface area contributed by atoms with Crippen molar-refractivity contribution >= 4 is 11.7 Å². The van der Waals surface area contributed by atoms with Gasteiger partial charge in [-0.2, -0.15) is 0 Å². The van der Waals surface area contributed by atoms with Crippen LogP contribution in [0.4, 0.5) is 10.5 Å². The number of carbonyl (C=O) groups excluding carboxylic acids is 1. The highest BCUT2D eigenvalue weighted by Crippen LogP contribution is 2.29. The molecule has 0 unspecified atom stereocenters. The van der Waals surface area contributed by atoms with Crippen molar-refractivity contribution in [3.05, 3.63) is 84.2 Å². The third-order valence-corrected chi connectivity index (χ3v) is 5.02. The fourth-order valence-corrected chi connectivity index (χ4v) is 3.35. The number of ether oxygens (including phenoxy) is 1. The summed E-state index contributed by atoms with van der Waals surface area (Å²) in [6, 6.07) is 22.2. The van der Waals surface area contributed by atoms with Gasteiger partial charge in [0, 0.05) is 36.2 Å². The summed E-state index contributed by atoms with van der Waals surface area (Å²) in [5, 5.41) is 3.02. The molecule has 0 atom stereocenters. The summed E-state index contributed by atoms with van der Waals surface area (Å²) in [6.45, 7) is 1.40. The Morgan fingerprint density at radius 2 is 1.93 bits per heavy atom. The van der Waals surface area contributed by atoms with Gasteiger partial charge in [0.05, 0.1) is 13.7 Å². The van der Waals surface area contributed by atoms with E-state index in [1.807, 2.05) is 41.3 Å². The zero-order chi connectivity index (χ0) is 19.3. The Labute approximate surface area is 165 Å². The Balaban J connectivity index is 1.47. The first-order valence-electron chi connectivity index (χ1n) is 9.62. The highest BCUT2D eigenvalue weighted by atomic mass is 16.5.